The van der Waals surface area contributed by atoms with Crippen LogP contribution in [0.5, 0.6) is 0 Å². The van der Waals surface area contributed by atoms with Gasteiger partial charge in [0.05, 0.1) is 12.7 Å². The molecule has 2 nitrogen and oxygen atoms in total. The van der Waals surface area contributed by atoms with E-state index in [-0.39, 0.29) is 5.97 Å². The van der Waals surface area contributed by atoms with E-state index in [0.717, 1.165) is 9.79 Å². The number of methoxy groups -OCH3 is 1. The lowest BCUT2D eigenvalue weighted by Crippen LogP contribution is -2.00. The van der Waals surface area contributed by atoms with Gasteiger partial charge in [0.15, 0.2) is 0 Å². The third-order valence-corrected chi connectivity index (χ3v) is 3.13. The second kappa shape index (κ2) is 5.55. The molecule has 0 fully saturated rings. The fourth-order valence-corrected chi connectivity index (χ4v) is 2.22. The van der Waals surface area contributed by atoms with Crippen molar-refractivity contribution in [3.63, 3.8) is 0 Å². The van der Waals surface area contributed by atoms with Crippen molar-refractivity contribution in [1.29, 1.82) is 0 Å². The normalized spacial score (nSPS) is 9.94. The van der Waals surface area contributed by atoms with Gasteiger partial charge in [-0.25, -0.2) is 4.79 Å². The predicted molar refractivity (Wildman–Crippen MR) is 67.2 cm³/mol. The van der Waals surface area contributed by atoms with Crippen molar-refractivity contribution in [2.45, 2.75) is 9.79 Å². The third kappa shape index (κ3) is 3.11. The van der Waals surface area contributed by atoms with Crippen molar-refractivity contribution in [3.8, 4) is 0 Å². The van der Waals surface area contributed by atoms with Crippen molar-refractivity contribution < 1.29 is 9.53 Å². The van der Waals surface area contributed by atoms with Gasteiger partial charge >= 0.3 is 5.97 Å². The number of esters is 1. The highest BCUT2D eigenvalue weighted by molar-refractivity contribution is 7.99. The number of hydrogen-bond donors (Lipinski definition) is 0. The Balaban J connectivity index is 2.20. The Morgan fingerprint density at radius 1 is 1.24 bits per heavy atom. The summed E-state index contributed by atoms with van der Waals surface area (Å²) in [6.45, 7) is 0. The second-order valence-corrected chi connectivity index (χ2v) is 4.46. The average molecular weight is 243 g/mol. The molecule has 0 amide bonds. The van der Waals surface area contributed by atoms with Crippen LogP contribution in [0, 0.1) is 6.07 Å². The van der Waals surface area contributed by atoms with E-state index >= 15 is 0 Å². The van der Waals surface area contributed by atoms with Crippen LogP contribution in [0.4, 0.5) is 0 Å². The fraction of sp³-hybridized carbons (Fsp3) is 0.0714. The van der Waals surface area contributed by atoms with Crippen LogP contribution in [-0.2, 0) is 4.74 Å². The summed E-state index contributed by atoms with van der Waals surface area (Å²) >= 11 is 1.57. The molecule has 0 aromatic heterocycles. The van der Waals surface area contributed by atoms with E-state index in [1.807, 2.05) is 30.3 Å². The van der Waals surface area contributed by atoms with E-state index in [1.54, 1.807) is 30.0 Å². The molecule has 0 atom stereocenters. The maximum Gasteiger partial charge on any atom is 0.337 e. The first-order valence-corrected chi connectivity index (χ1v) is 5.94. The van der Waals surface area contributed by atoms with E-state index in [2.05, 4.69) is 10.8 Å². The molecule has 2 aromatic carbocycles. The zero-order chi connectivity index (χ0) is 12.1. The standard InChI is InChI=1S/C14H11O2S/c1-16-14(15)11-6-5-9-13(10-11)17-12-7-3-2-4-8-12/h2-8,10H,1H3. The Morgan fingerprint density at radius 3 is 2.71 bits per heavy atom. The largest absolute Gasteiger partial charge is 0.465 e. The molecule has 2 aromatic rings. The van der Waals surface area contributed by atoms with Gasteiger partial charge in [-0.05, 0) is 30.3 Å². The Labute approximate surface area is 105 Å². The topological polar surface area (TPSA) is 26.3 Å². The molecular weight excluding hydrogens is 232 g/mol. The van der Waals surface area contributed by atoms with Crippen LogP contribution in [0.3, 0.4) is 0 Å². The van der Waals surface area contributed by atoms with Crippen molar-refractivity contribution in [2.75, 3.05) is 7.11 Å². The fourth-order valence-electron chi connectivity index (χ4n) is 1.36. The molecule has 0 bridgehead atoms. The van der Waals surface area contributed by atoms with Gasteiger partial charge in [-0.3, -0.25) is 0 Å². The van der Waals surface area contributed by atoms with Crippen LogP contribution >= 0.6 is 11.8 Å². The van der Waals surface area contributed by atoms with Gasteiger partial charge in [0.25, 0.3) is 0 Å². The minimum absolute atomic E-state index is 0.325. The molecule has 0 aliphatic heterocycles. The maximum atomic E-state index is 11.4. The molecule has 85 valence electrons. The first-order chi connectivity index (χ1) is 8.29. The molecule has 0 aliphatic rings. The summed E-state index contributed by atoms with van der Waals surface area (Å²) in [7, 11) is 1.38. The predicted octanol–water partition coefficient (Wildman–Crippen LogP) is 3.42. The molecule has 0 heterocycles. The van der Waals surface area contributed by atoms with Crippen LogP contribution in [0.2, 0.25) is 0 Å². The summed E-state index contributed by atoms with van der Waals surface area (Å²) in [6, 6.07) is 18.3. The lowest BCUT2D eigenvalue weighted by atomic mass is 10.2. The Kier molecular flexibility index (Phi) is 3.83. The summed E-state index contributed by atoms with van der Waals surface area (Å²) in [5.74, 6) is -0.325. The zero-order valence-electron chi connectivity index (χ0n) is 9.34. The molecule has 0 saturated heterocycles. The number of carbonyl (C=O) groups is 1. The monoisotopic (exact) mass is 243 g/mol. The summed E-state index contributed by atoms with van der Waals surface area (Å²) in [5, 5.41) is 0. The Bertz CT molecular complexity index is 509. The van der Waals surface area contributed by atoms with Gasteiger partial charge in [0, 0.05) is 9.79 Å². The van der Waals surface area contributed by atoms with E-state index in [0.29, 0.717) is 5.56 Å². The number of hydrogen-bond acceptors (Lipinski definition) is 3. The molecule has 17 heavy (non-hydrogen) atoms. The van der Waals surface area contributed by atoms with E-state index in [1.165, 1.54) is 7.11 Å². The van der Waals surface area contributed by atoms with Gasteiger partial charge in [0.2, 0.25) is 0 Å². The highest BCUT2D eigenvalue weighted by Crippen LogP contribution is 2.27. The van der Waals surface area contributed by atoms with Crippen molar-refractivity contribution >= 4 is 17.7 Å². The van der Waals surface area contributed by atoms with E-state index < -0.39 is 0 Å². The first kappa shape index (κ1) is 11.7. The molecule has 0 aliphatic carbocycles. The summed E-state index contributed by atoms with van der Waals surface area (Å²) in [5.41, 5.74) is 0.546. The van der Waals surface area contributed by atoms with Gasteiger partial charge in [0.1, 0.15) is 0 Å². The van der Waals surface area contributed by atoms with E-state index in [4.69, 9.17) is 0 Å². The molecule has 0 N–H and O–H groups in total. The number of carbonyl (C=O) groups excluding carboxylic acids is 1. The number of ether oxygens (including phenoxy) is 1. The molecule has 1 radical (unpaired) electrons. The van der Waals surface area contributed by atoms with Crippen LogP contribution in [0.25, 0.3) is 0 Å². The average Bonchev–Trinajstić information content (AvgIpc) is 2.39. The van der Waals surface area contributed by atoms with Gasteiger partial charge in [-0.2, -0.15) is 0 Å². The lowest BCUT2D eigenvalue weighted by Gasteiger charge is -2.03. The summed E-state index contributed by atoms with van der Waals surface area (Å²) in [6.07, 6.45) is 0. The highest BCUT2D eigenvalue weighted by atomic mass is 32.2. The van der Waals surface area contributed by atoms with Gasteiger partial charge in [-0.15, -0.1) is 0 Å². The molecule has 3 heteroatoms. The summed E-state index contributed by atoms with van der Waals surface area (Å²) in [4.78, 5) is 13.4. The van der Waals surface area contributed by atoms with Crippen LogP contribution in [0.1, 0.15) is 10.4 Å². The number of rotatable bonds is 3. The van der Waals surface area contributed by atoms with Crippen LogP contribution < -0.4 is 0 Å². The molecule has 0 saturated carbocycles. The number of benzene rings is 2. The van der Waals surface area contributed by atoms with Gasteiger partial charge in [-0.1, -0.05) is 36.0 Å². The Morgan fingerprint density at radius 2 is 2.00 bits per heavy atom. The molecular formula is C14H11O2S. The van der Waals surface area contributed by atoms with Crippen LogP contribution in [-0.4, -0.2) is 13.1 Å². The van der Waals surface area contributed by atoms with Crippen LogP contribution in [0.15, 0.2) is 58.3 Å². The molecule has 0 spiro atoms. The van der Waals surface area contributed by atoms with E-state index in [9.17, 15) is 4.79 Å². The first-order valence-electron chi connectivity index (χ1n) is 5.12. The molecule has 2 rings (SSSR count). The molecule has 0 unspecified atom stereocenters. The smallest absolute Gasteiger partial charge is 0.337 e. The Hall–Kier alpha value is -1.74. The second-order valence-electron chi connectivity index (χ2n) is 3.35. The quantitative estimate of drug-likeness (QED) is 0.773. The zero-order valence-corrected chi connectivity index (χ0v) is 10.2. The van der Waals surface area contributed by atoms with Gasteiger partial charge < -0.3 is 4.74 Å². The van der Waals surface area contributed by atoms with Crippen molar-refractivity contribution in [2.24, 2.45) is 0 Å². The third-order valence-electron chi connectivity index (χ3n) is 2.17. The minimum atomic E-state index is -0.325. The van der Waals surface area contributed by atoms with Crippen molar-refractivity contribution in [3.05, 3.63) is 60.2 Å². The SMILES string of the molecule is COC(=O)c1cc[c]c(Sc2ccccc2)c1. The lowest BCUT2D eigenvalue weighted by molar-refractivity contribution is 0.0600. The van der Waals surface area contributed by atoms with Crippen molar-refractivity contribution in [1.82, 2.24) is 0 Å². The highest BCUT2D eigenvalue weighted by Gasteiger charge is 2.06. The maximum absolute atomic E-state index is 11.4. The summed E-state index contributed by atoms with van der Waals surface area (Å²) < 4.78 is 4.68. The minimum Gasteiger partial charge on any atom is -0.465 e.